The van der Waals surface area contributed by atoms with E-state index in [0.717, 1.165) is 12.1 Å². The Bertz CT molecular complexity index is 1700. The number of benzene rings is 3. The third-order valence-corrected chi connectivity index (χ3v) is 9.08. The first-order chi connectivity index (χ1) is 19.2. The van der Waals surface area contributed by atoms with Crippen molar-refractivity contribution in [2.24, 2.45) is 0 Å². The molecule has 0 amide bonds. The number of hydrogen-bond acceptors (Lipinski definition) is 3. The summed E-state index contributed by atoms with van der Waals surface area (Å²) >= 11 is 0. The minimum Gasteiger partial charge on any atom is -0.457 e. The molecular formula is C33H33N2O4S+. The van der Waals surface area contributed by atoms with Crippen molar-refractivity contribution in [3.63, 3.8) is 0 Å². The molecule has 6 nitrogen and oxygen atoms in total. The fraction of sp³-hybridized carbons (Fsp3) is 0.182. The van der Waals surface area contributed by atoms with E-state index in [1.807, 2.05) is 24.5 Å². The lowest BCUT2D eigenvalue weighted by atomic mass is 9.77. The molecule has 7 heteroatoms. The van der Waals surface area contributed by atoms with E-state index < -0.39 is 9.80 Å². The average Bonchev–Trinajstić information content (AvgIpc) is 3.42. The van der Waals surface area contributed by atoms with Crippen molar-refractivity contribution in [1.82, 2.24) is 4.57 Å². The van der Waals surface area contributed by atoms with E-state index in [1.165, 1.54) is 35.4 Å². The van der Waals surface area contributed by atoms with E-state index in [2.05, 4.69) is 72.6 Å². The standard InChI is InChI=1S/C33H32N2O4S/c1-4-34-20-21-35(24-34)23-25-22-27(33(2,3)26-8-6-5-7-9-26)10-19-32(25)39-29-13-17-31(18-14-29)40(37,38)30-15-11-28(36)12-16-30/h5-22,24H,4,23H2,1-3H3/p+1. The highest BCUT2D eigenvalue weighted by molar-refractivity contribution is 7.97. The predicted molar refractivity (Wildman–Crippen MR) is 158 cm³/mol. The van der Waals surface area contributed by atoms with Gasteiger partial charge in [0.05, 0.1) is 16.3 Å². The van der Waals surface area contributed by atoms with Gasteiger partial charge in [-0.3, -0.25) is 4.79 Å². The number of aryl methyl sites for hydroxylation is 1. The van der Waals surface area contributed by atoms with E-state index in [9.17, 15) is 13.6 Å². The van der Waals surface area contributed by atoms with Gasteiger partial charge in [-0.15, -0.1) is 0 Å². The SMILES string of the molecule is CCn1cc[n+](Cc2cc(C(C)(C)c3ccccc3)ccc2Oc2ccc(S(=O)(O)=C3C=CC(=O)C=C3)cc2)c1. The van der Waals surface area contributed by atoms with Crippen LogP contribution in [0.1, 0.15) is 37.5 Å². The van der Waals surface area contributed by atoms with Gasteiger partial charge in [0.25, 0.3) is 0 Å². The summed E-state index contributed by atoms with van der Waals surface area (Å²) in [5.74, 6) is 1.07. The Hall–Kier alpha value is -4.20. The lowest BCUT2D eigenvalue weighted by Gasteiger charge is -2.27. The third-order valence-electron chi connectivity index (χ3n) is 7.26. The minimum absolute atomic E-state index is 0.190. The molecule has 3 aromatic carbocycles. The van der Waals surface area contributed by atoms with Gasteiger partial charge < -0.3 is 9.29 Å². The van der Waals surface area contributed by atoms with Gasteiger partial charge in [-0.25, -0.2) is 13.3 Å². The first-order valence-corrected chi connectivity index (χ1v) is 14.7. The van der Waals surface area contributed by atoms with Crippen molar-refractivity contribution in [1.29, 1.82) is 0 Å². The summed E-state index contributed by atoms with van der Waals surface area (Å²) in [5.41, 5.74) is 3.22. The Kier molecular flexibility index (Phi) is 7.61. The Morgan fingerprint density at radius 3 is 2.27 bits per heavy atom. The van der Waals surface area contributed by atoms with Crippen LogP contribution in [0.2, 0.25) is 0 Å². The number of carbonyl (C=O) groups excluding carboxylic acids is 1. The number of nitrogens with zero attached hydrogens (tertiary/aromatic N) is 2. The van der Waals surface area contributed by atoms with Crippen molar-refractivity contribution < 1.29 is 22.9 Å². The summed E-state index contributed by atoms with van der Waals surface area (Å²) in [6, 6.07) is 23.3. The van der Waals surface area contributed by atoms with Gasteiger partial charge >= 0.3 is 0 Å². The Morgan fingerprint density at radius 2 is 1.62 bits per heavy atom. The first kappa shape index (κ1) is 27.4. The molecule has 0 spiro atoms. The van der Waals surface area contributed by atoms with Crippen molar-refractivity contribution in [3.8, 4) is 11.5 Å². The van der Waals surface area contributed by atoms with Crippen molar-refractivity contribution in [3.05, 3.63) is 133 Å². The van der Waals surface area contributed by atoms with Gasteiger partial charge in [0.1, 0.15) is 40.2 Å². The number of ether oxygens (including phenoxy) is 1. The highest BCUT2D eigenvalue weighted by Crippen LogP contribution is 2.35. The highest BCUT2D eigenvalue weighted by Gasteiger charge is 2.25. The molecule has 204 valence electrons. The zero-order chi connectivity index (χ0) is 28.3. The van der Waals surface area contributed by atoms with E-state index in [4.69, 9.17) is 4.74 Å². The van der Waals surface area contributed by atoms with Crippen molar-refractivity contribution in [2.45, 2.75) is 44.2 Å². The molecule has 0 bridgehead atoms. The summed E-state index contributed by atoms with van der Waals surface area (Å²) in [7, 11) is -3.49. The number of rotatable bonds is 8. The van der Waals surface area contributed by atoms with Crippen LogP contribution in [-0.4, -0.2) is 24.0 Å². The average molecular weight is 554 g/mol. The number of imidazole rings is 1. The molecule has 1 atom stereocenters. The van der Waals surface area contributed by atoms with Crippen LogP contribution in [-0.2, 0) is 33.1 Å². The van der Waals surface area contributed by atoms with Gasteiger partial charge in [0.15, 0.2) is 5.78 Å². The molecule has 0 radical (unpaired) electrons. The van der Waals surface area contributed by atoms with Crippen LogP contribution in [0.3, 0.4) is 0 Å². The molecular weight excluding hydrogens is 520 g/mol. The summed E-state index contributed by atoms with van der Waals surface area (Å²) in [6.07, 6.45) is 11.5. The normalized spacial score (nSPS) is 14.8. The molecule has 0 fully saturated rings. The zero-order valence-corrected chi connectivity index (χ0v) is 23.7. The lowest BCUT2D eigenvalue weighted by Crippen LogP contribution is -2.32. The van der Waals surface area contributed by atoms with E-state index in [1.54, 1.807) is 24.3 Å². The topological polar surface area (TPSA) is 72.4 Å². The van der Waals surface area contributed by atoms with Crippen LogP contribution >= 0.6 is 0 Å². The van der Waals surface area contributed by atoms with Gasteiger partial charge in [0, 0.05) is 11.0 Å². The quantitative estimate of drug-likeness (QED) is 0.216. The minimum atomic E-state index is -3.49. The van der Waals surface area contributed by atoms with Crippen LogP contribution in [0.25, 0.3) is 0 Å². The monoisotopic (exact) mass is 553 g/mol. The maximum absolute atomic E-state index is 13.1. The Balaban J connectivity index is 1.48. The number of hydrogen-bond donors (Lipinski definition) is 1. The van der Waals surface area contributed by atoms with Crippen LogP contribution < -0.4 is 9.30 Å². The molecule has 1 aromatic heterocycles. The number of carbonyl (C=O) groups is 1. The molecule has 5 rings (SSSR count). The molecule has 1 heterocycles. The van der Waals surface area contributed by atoms with Crippen LogP contribution in [0.4, 0.5) is 0 Å². The molecule has 1 aliphatic carbocycles. The third kappa shape index (κ3) is 5.71. The predicted octanol–water partition coefficient (Wildman–Crippen LogP) is 5.95. The van der Waals surface area contributed by atoms with Gasteiger partial charge in [-0.1, -0.05) is 50.2 Å². The fourth-order valence-corrected chi connectivity index (χ4v) is 5.99. The molecule has 4 aromatic rings. The van der Waals surface area contributed by atoms with Crippen LogP contribution in [0.5, 0.6) is 11.5 Å². The van der Waals surface area contributed by atoms with Gasteiger partial charge in [-0.2, -0.15) is 0 Å². The summed E-state index contributed by atoms with van der Waals surface area (Å²) in [4.78, 5) is 11.9. The maximum atomic E-state index is 13.1. The largest absolute Gasteiger partial charge is 0.457 e. The summed E-state index contributed by atoms with van der Waals surface area (Å²) in [5, 5.41) is 0. The Labute approximate surface area is 235 Å². The highest BCUT2D eigenvalue weighted by atomic mass is 32.2. The Morgan fingerprint density at radius 1 is 0.925 bits per heavy atom. The number of allylic oxidation sites excluding steroid dienone is 4. The number of ketones is 1. The summed E-state index contributed by atoms with van der Waals surface area (Å²) < 4.78 is 34.4. The first-order valence-electron chi connectivity index (χ1n) is 13.2. The lowest BCUT2D eigenvalue weighted by molar-refractivity contribution is -0.687. The smallest absolute Gasteiger partial charge is 0.244 e. The molecule has 0 aliphatic heterocycles. The number of aromatic nitrogens is 2. The van der Waals surface area contributed by atoms with E-state index >= 15 is 0 Å². The second-order valence-corrected chi connectivity index (χ2v) is 12.3. The van der Waals surface area contributed by atoms with Gasteiger partial charge in [-0.05, 0) is 78.8 Å². The van der Waals surface area contributed by atoms with Gasteiger partial charge in [0.2, 0.25) is 6.33 Å². The zero-order valence-electron chi connectivity index (χ0n) is 22.9. The maximum Gasteiger partial charge on any atom is 0.244 e. The molecule has 1 aliphatic rings. The molecule has 1 N–H and O–H groups in total. The molecule has 0 saturated carbocycles. The molecule has 0 saturated heterocycles. The van der Waals surface area contributed by atoms with Crippen molar-refractivity contribution in [2.75, 3.05) is 0 Å². The summed E-state index contributed by atoms with van der Waals surface area (Å²) in [6.45, 7) is 8.06. The second-order valence-electron chi connectivity index (χ2n) is 10.3. The van der Waals surface area contributed by atoms with E-state index in [-0.39, 0.29) is 21.0 Å². The molecule has 1 unspecified atom stereocenters. The van der Waals surface area contributed by atoms with E-state index in [0.29, 0.717) is 18.0 Å². The van der Waals surface area contributed by atoms with Crippen LogP contribution in [0.15, 0.2) is 121 Å². The second kappa shape index (κ2) is 11.1. The molecule has 40 heavy (non-hydrogen) atoms. The van der Waals surface area contributed by atoms with Crippen LogP contribution in [0, 0.1) is 0 Å². The fourth-order valence-electron chi connectivity index (χ4n) is 4.71. The van der Waals surface area contributed by atoms with Crippen molar-refractivity contribution >= 4 is 20.5 Å².